The molecule has 0 nitrogen and oxygen atoms in total. The van der Waals surface area contributed by atoms with Crippen molar-refractivity contribution < 1.29 is 0 Å². The van der Waals surface area contributed by atoms with Crippen molar-refractivity contribution in [2.24, 2.45) is 0 Å². The van der Waals surface area contributed by atoms with Gasteiger partial charge in [0.25, 0.3) is 0 Å². The summed E-state index contributed by atoms with van der Waals surface area (Å²) in [5.74, 6) is 1.78. The summed E-state index contributed by atoms with van der Waals surface area (Å²) in [5.41, 5.74) is 1.31. The monoisotopic (exact) mass is 220 g/mol. The van der Waals surface area contributed by atoms with Crippen LogP contribution in [-0.2, 0) is 12.3 Å². The fraction of sp³-hybridized carbons (Fsp3) is 0.556. The van der Waals surface area contributed by atoms with E-state index in [4.69, 9.17) is 11.6 Å². The van der Waals surface area contributed by atoms with Crippen LogP contribution in [-0.4, -0.2) is 5.75 Å². The van der Waals surface area contributed by atoms with Gasteiger partial charge in [0.15, 0.2) is 0 Å². The van der Waals surface area contributed by atoms with E-state index < -0.39 is 0 Å². The minimum atomic E-state index is 0.652. The van der Waals surface area contributed by atoms with Gasteiger partial charge in [-0.05, 0) is 23.8 Å². The van der Waals surface area contributed by atoms with Gasteiger partial charge in [-0.2, -0.15) is 0 Å². The van der Waals surface area contributed by atoms with Crippen molar-refractivity contribution in [1.29, 1.82) is 0 Å². The molecule has 1 heterocycles. The van der Waals surface area contributed by atoms with Gasteiger partial charge >= 0.3 is 0 Å². The van der Waals surface area contributed by atoms with Crippen LogP contribution in [0.4, 0.5) is 0 Å². The number of alkyl halides is 1. The van der Waals surface area contributed by atoms with E-state index in [1.54, 1.807) is 0 Å². The van der Waals surface area contributed by atoms with Crippen LogP contribution in [0.15, 0.2) is 10.3 Å². The Hall–Kier alpha value is 0.340. The van der Waals surface area contributed by atoms with Crippen LogP contribution < -0.4 is 0 Å². The lowest BCUT2D eigenvalue weighted by Crippen LogP contribution is -1.74. The Labute approximate surface area is 87.3 Å². The Morgan fingerprint density at radius 1 is 1.50 bits per heavy atom. The molecule has 1 rings (SSSR count). The maximum absolute atomic E-state index is 5.83. The molecule has 0 aliphatic rings. The molecular formula is C9H13ClS2. The molecule has 0 amide bonds. The minimum Gasteiger partial charge on any atom is -0.134 e. The van der Waals surface area contributed by atoms with Gasteiger partial charge in [-0.3, -0.25) is 0 Å². The molecule has 0 radical (unpaired) electrons. The van der Waals surface area contributed by atoms with Crippen molar-refractivity contribution >= 4 is 34.7 Å². The molecule has 0 fully saturated rings. The average molecular weight is 221 g/mol. The zero-order valence-electron chi connectivity index (χ0n) is 7.39. The quantitative estimate of drug-likeness (QED) is 0.543. The van der Waals surface area contributed by atoms with Gasteiger partial charge in [-0.1, -0.05) is 13.8 Å². The molecule has 12 heavy (non-hydrogen) atoms. The van der Waals surface area contributed by atoms with Crippen LogP contribution in [0.25, 0.3) is 0 Å². The number of hydrogen-bond acceptors (Lipinski definition) is 2. The van der Waals surface area contributed by atoms with E-state index in [0.29, 0.717) is 5.88 Å². The second-order valence-corrected chi connectivity index (χ2v) is 5.38. The van der Waals surface area contributed by atoms with Crippen LogP contribution in [0.2, 0.25) is 0 Å². The fourth-order valence-electron chi connectivity index (χ4n) is 0.988. The van der Waals surface area contributed by atoms with Crippen molar-refractivity contribution in [3.63, 3.8) is 0 Å². The van der Waals surface area contributed by atoms with E-state index in [2.05, 4.69) is 19.9 Å². The summed E-state index contributed by atoms with van der Waals surface area (Å²) < 4.78 is 1.41. The Bertz CT molecular complexity index is 243. The van der Waals surface area contributed by atoms with Gasteiger partial charge in [-0.15, -0.1) is 34.7 Å². The van der Waals surface area contributed by atoms with Crippen molar-refractivity contribution in [3.8, 4) is 0 Å². The summed E-state index contributed by atoms with van der Waals surface area (Å²) in [5, 5.41) is 0. The Kier molecular flexibility index (Phi) is 4.47. The summed E-state index contributed by atoms with van der Waals surface area (Å²) in [6.07, 6.45) is 1.12. The standard InChI is InChI=1S/C9H13ClS2/c1-3-8-5-7(6-10)9(12-8)11-4-2/h5H,3-4,6H2,1-2H3. The molecule has 0 spiro atoms. The van der Waals surface area contributed by atoms with Gasteiger partial charge in [0, 0.05) is 10.8 Å². The topological polar surface area (TPSA) is 0 Å². The van der Waals surface area contributed by atoms with Gasteiger partial charge < -0.3 is 0 Å². The summed E-state index contributed by atoms with van der Waals surface area (Å²) in [4.78, 5) is 1.45. The van der Waals surface area contributed by atoms with Gasteiger partial charge in [0.1, 0.15) is 0 Å². The molecule has 0 bridgehead atoms. The molecular weight excluding hydrogens is 208 g/mol. The van der Waals surface area contributed by atoms with Crippen LogP contribution in [0.3, 0.4) is 0 Å². The Balaban J connectivity index is 2.84. The van der Waals surface area contributed by atoms with Crippen molar-refractivity contribution in [2.45, 2.75) is 30.4 Å². The summed E-state index contributed by atoms with van der Waals surface area (Å²) >= 11 is 9.62. The predicted molar refractivity (Wildman–Crippen MR) is 59.7 cm³/mol. The number of hydrogen-bond donors (Lipinski definition) is 0. The molecule has 0 unspecified atom stereocenters. The molecule has 0 atom stereocenters. The highest BCUT2D eigenvalue weighted by atomic mass is 35.5. The third-order valence-corrected chi connectivity index (χ3v) is 4.41. The molecule has 0 aliphatic heterocycles. The molecule has 0 aliphatic carbocycles. The first-order valence-electron chi connectivity index (χ1n) is 4.12. The van der Waals surface area contributed by atoms with Crippen LogP contribution in [0, 0.1) is 0 Å². The lowest BCUT2D eigenvalue weighted by Gasteiger charge is -1.94. The molecule has 0 saturated carbocycles. The average Bonchev–Trinajstić information content (AvgIpc) is 2.48. The lowest BCUT2D eigenvalue weighted by atomic mass is 10.3. The van der Waals surface area contributed by atoms with E-state index in [0.717, 1.165) is 12.2 Å². The number of thiophene rings is 1. The van der Waals surface area contributed by atoms with Gasteiger partial charge in [0.05, 0.1) is 4.21 Å². The summed E-state index contributed by atoms with van der Waals surface area (Å²) in [7, 11) is 0. The largest absolute Gasteiger partial charge is 0.134 e. The smallest absolute Gasteiger partial charge is 0.0645 e. The normalized spacial score (nSPS) is 10.6. The zero-order valence-corrected chi connectivity index (χ0v) is 9.78. The van der Waals surface area contributed by atoms with E-state index in [-0.39, 0.29) is 0 Å². The first kappa shape index (κ1) is 10.4. The molecule has 1 aromatic rings. The van der Waals surface area contributed by atoms with Gasteiger partial charge in [0.2, 0.25) is 0 Å². The van der Waals surface area contributed by atoms with E-state index in [9.17, 15) is 0 Å². The zero-order chi connectivity index (χ0) is 8.97. The van der Waals surface area contributed by atoms with Crippen LogP contribution in [0.5, 0.6) is 0 Å². The maximum Gasteiger partial charge on any atom is 0.0645 e. The molecule has 0 saturated heterocycles. The minimum absolute atomic E-state index is 0.652. The summed E-state index contributed by atoms with van der Waals surface area (Å²) in [6.45, 7) is 4.36. The van der Waals surface area contributed by atoms with E-state index in [1.165, 1.54) is 14.6 Å². The highest BCUT2D eigenvalue weighted by molar-refractivity contribution is 8.01. The third kappa shape index (κ3) is 2.41. The third-order valence-electron chi connectivity index (χ3n) is 1.59. The van der Waals surface area contributed by atoms with Crippen molar-refractivity contribution in [2.75, 3.05) is 5.75 Å². The molecule has 0 aromatic carbocycles. The molecule has 0 N–H and O–H groups in total. The predicted octanol–water partition coefficient (Wildman–Crippen LogP) is 4.16. The van der Waals surface area contributed by atoms with Crippen molar-refractivity contribution in [1.82, 2.24) is 0 Å². The SMILES string of the molecule is CCSc1sc(CC)cc1CCl. The van der Waals surface area contributed by atoms with Crippen LogP contribution >= 0.6 is 34.7 Å². The summed E-state index contributed by atoms with van der Waals surface area (Å²) in [6, 6.07) is 2.23. The van der Waals surface area contributed by atoms with Crippen molar-refractivity contribution in [3.05, 3.63) is 16.5 Å². The molecule has 3 heteroatoms. The lowest BCUT2D eigenvalue weighted by molar-refractivity contribution is 1.18. The number of thioether (sulfide) groups is 1. The highest BCUT2D eigenvalue weighted by Crippen LogP contribution is 2.33. The highest BCUT2D eigenvalue weighted by Gasteiger charge is 2.06. The second-order valence-electron chi connectivity index (χ2n) is 2.45. The number of rotatable bonds is 4. The van der Waals surface area contributed by atoms with E-state index >= 15 is 0 Å². The fourth-order valence-corrected chi connectivity index (χ4v) is 3.69. The number of aryl methyl sites for hydroxylation is 1. The Morgan fingerprint density at radius 3 is 2.75 bits per heavy atom. The van der Waals surface area contributed by atoms with Crippen LogP contribution in [0.1, 0.15) is 24.3 Å². The second kappa shape index (κ2) is 5.15. The van der Waals surface area contributed by atoms with Gasteiger partial charge in [-0.25, -0.2) is 0 Å². The number of halogens is 1. The maximum atomic E-state index is 5.83. The molecule has 68 valence electrons. The first-order valence-corrected chi connectivity index (χ1v) is 6.45. The molecule has 1 aromatic heterocycles. The first-order chi connectivity index (χ1) is 5.81. The Morgan fingerprint density at radius 2 is 2.25 bits per heavy atom. The van der Waals surface area contributed by atoms with E-state index in [1.807, 2.05) is 23.1 Å².